The highest BCUT2D eigenvalue weighted by atomic mass is 32.2. The highest BCUT2D eigenvalue weighted by Crippen LogP contribution is 2.40. The van der Waals surface area contributed by atoms with Gasteiger partial charge in [0.2, 0.25) is 0 Å². The summed E-state index contributed by atoms with van der Waals surface area (Å²) in [4.78, 5) is 16.4. The normalized spacial score (nSPS) is 24.7. The summed E-state index contributed by atoms with van der Waals surface area (Å²) >= 11 is 0. The first-order chi connectivity index (χ1) is 13.2. The standard InChI is InChI=1S/C18H19N3O5S/c22-18-21-14-2-1-13(20-4-7-27(23)8-5-20)9-12(14)10-15(21)16(26-18)11-24-17-3-6-25-19-17/h1-3,6,9,15-16H,4-5,7-8,10-11H2/t15-,16-/m0/s1. The zero-order valence-corrected chi connectivity index (χ0v) is 15.4. The van der Waals surface area contributed by atoms with Crippen LogP contribution in [0, 0.1) is 0 Å². The van der Waals surface area contributed by atoms with Crippen LogP contribution >= 0.6 is 0 Å². The second-order valence-corrected chi connectivity index (χ2v) is 8.56. The zero-order chi connectivity index (χ0) is 18.4. The molecule has 0 N–H and O–H groups in total. The number of fused-ring (bicyclic) bond motifs is 3. The van der Waals surface area contributed by atoms with E-state index in [0.29, 0.717) is 17.4 Å². The summed E-state index contributed by atoms with van der Waals surface area (Å²) < 4.78 is 27.4. The van der Waals surface area contributed by atoms with Crippen molar-refractivity contribution < 1.29 is 23.0 Å². The predicted octanol–water partition coefficient (Wildman–Crippen LogP) is 1.57. The number of carbonyl (C=O) groups excluding carboxylic acids is 1. The van der Waals surface area contributed by atoms with Crippen LogP contribution in [0.3, 0.4) is 0 Å². The molecule has 1 aromatic carbocycles. The number of benzene rings is 1. The summed E-state index contributed by atoms with van der Waals surface area (Å²) in [6, 6.07) is 7.70. The van der Waals surface area contributed by atoms with E-state index >= 15 is 0 Å². The van der Waals surface area contributed by atoms with E-state index in [9.17, 15) is 9.00 Å². The van der Waals surface area contributed by atoms with Gasteiger partial charge in [-0.05, 0) is 35.3 Å². The van der Waals surface area contributed by atoms with Crippen LogP contribution in [0.15, 0.2) is 35.1 Å². The van der Waals surface area contributed by atoms with Crippen molar-refractivity contribution in [3.8, 4) is 5.88 Å². The topological polar surface area (TPSA) is 85.1 Å². The molecule has 2 saturated heterocycles. The minimum absolute atomic E-state index is 0.0801. The maximum Gasteiger partial charge on any atom is 0.415 e. The van der Waals surface area contributed by atoms with Gasteiger partial charge >= 0.3 is 6.09 Å². The number of cyclic esters (lactones) is 1. The average molecular weight is 389 g/mol. The molecule has 1 aromatic heterocycles. The molecule has 2 atom stereocenters. The Morgan fingerprint density at radius 2 is 2.11 bits per heavy atom. The monoisotopic (exact) mass is 389 g/mol. The van der Waals surface area contributed by atoms with Gasteiger partial charge in [0.15, 0.2) is 6.10 Å². The van der Waals surface area contributed by atoms with Gasteiger partial charge in [0.1, 0.15) is 12.9 Å². The summed E-state index contributed by atoms with van der Waals surface area (Å²) in [5.74, 6) is 1.80. The fourth-order valence-corrected chi connectivity index (χ4v) is 5.00. The number of carbonyl (C=O) groups is 1. The molecule has 2 aromatic rings. The first-order valence-electron chi connectivity index (χ1n) is 8.95. The maximum atomic E-state index is 12.4. The smallest absolute Gasteiger partial charge is 0.415 e. The van der Waals surface area contributed by atoms with E-state index in [1.807, 2.05) is 12.1 Å². The quantitative estimate of drug-likeness (QED) is 0.785. The molecule has 8 nitrogen and oxygen atoms in total. The number of rotatable bonds is 4. The largest absolute Gasteiger partial charge is 0.471 e. The van der Waals surface area contributed by atoms with Crippen molar-refractivity contribution in [1.29, 1.82) is 0 Å². The summed E-state index contributed by atoms with van der Waals surface area (Å²) in [5.41, 5.74) is 3.15. The number of hydrogen-bond acceptors (Lipinski definition) is 7. The summed E-state index contributed by atoms with van der Waals surface area (Å²) in [6.45, 7) is 1.84. The Hall–Kier alpha value is -2.55. The van der Waals surface area contributed by atoms with Gasteiger partial charge < -0.3 is 18.9 Å². The predicted molar refractivity (Wildman–Crippen MR) is 98.8 cm³/mol. The van der Waals surface area contributed by atoms with Gasteiger partial charge in [-0.1, -0.05) is 0 Å². The van der Waals surface area contributed by atoms with Gasteiger partial charge in [0, 0.05) is 47.1 Å². The first kappa shape index (κ1) is 16.6. The van der Waals surface area contributed by atoms with Gasteiger partial charge in [-0.25, -0.2) is 4.79 Å². The van der Waals surface area contributed by atoms with Crippen molar-refractivity contribution in [3.63, 3.8) is 0 Å². The Bertz CT molecular complexity index is 877. The van der Waals surface area contributed by atoms with Crippen LogP contribution in [0.5, 0.6) is 5.88 Å². The van der Waals surface area contributed by atoms with Crippen molar-refractivity contribution in [2.75, 3.05) is 41.0 Å². The Morgan fingerprint density at radius 1 is 1.26 bits per heavy atom. The molecule has 0 radical (unpaired) electrons. The van der Waals surface area contributed by atoms with Gasteiger partial charge in [0.25, 0.3) is 5.88 Å². The Kier molecular flexibility index (Phi) is 4.04. The average Bonchev–Trinajstić information content (AvgIpc) is 3.38. The van der Waals surface area contributed by atoms with Gasteiger partial charge in [-0.3, -0.25) is 9.11 Å². The molecule has 0 bridgehead atoms. The first-order valence-corrected chi connectivity index (χ1v) is 10.4. The fourth-order valence-electron chi connectivity index (χ4n) is 3.94. The molecule has 4 heterocycles. The minimum Gasteiger partial charge on any atom is -0.471 e. The third kappa shape index (κ3) is 2.95. The zero-order valence-electron chi connectivity index (χ0n) is 14.6. The third-order valence-corrected chi connectivity index (χ3v) is 6.59. The van der Waals surface area contributed by atoms with E-state index in [0.717, 1.165) is 36.4 Å². The van der Waals surface area contributed by atoms with Gasteiger partial charge in [-0.2, -0.15) is 0 Å². The molecule has 3 aliphatic heterocycles. The second kappa shape index (κ2) is 6.56. The molecule has 0 spiro atoms. The van der Waals surface area contributed by atoms with Crippen LogP contribution in [0.1, 0.15) is 5.56 Å². The van der Waals surface area contributed by atoms with E-state index in [-0.39, 0.29) is 24.8 Å². The van der Waals surface area contributed by atoms with Crippen LogP contribution in [-0.4, -0.2) is 58.8 Å². The van der Waals surface area contributed by atoms with E-state index in [1.54, 1.807) is 11.0 Å². The Morgan fingerprint density at radius 3 is 2.89 bits per heavy atom. The van der Waals surface area contributed by atoms with Crippen molar-refractivity contribution in [3.05, 3.63) is 36.1 Å². The van der Waals surface area contributed by atoms with Crippen LogP contribution in [0.25, 0.3) is 0 Å². The van der Waals surface area contributed by atoms with Crippen LogP contribution in [-0.2, 0) is 22.0 Å². The van der Waals surface area contributed by atoms with E-state index in [1.165, 1.54) is 6.26 Å². The molecular weight excluding hydrogens is 370 g/mol. The number of anilines is 2. The SMILES string of the molecule is O=C1O[C@@H](COc2ccon2)[C@@H]2Cc3cc(N4CCS(=O)CC4)ccc3N12. The molecule has 27 heavy (non-hydrogen) atoms. The summed E-state index contributed by atoms with van der Waals surface area (Å²) in [7, 11) is -0.699. The number of ether oxygens (including phenoxy) is 2. The van der Waals surface area contributed by atoms with E-state index in [4.69, 9.17) is 14.0 Å². The fraction of sp³-hybridized carbons (Fsp3) is 0.444. The molecule has 5 rings (SSSR count). The van der Waals surface area contributed by atoms with Gasteiger partial charge in [-0.15, -0.1) is 0 Å². The lowest BCUT2D eigenvalue weighted by Gasteiger charge is -2.29. The summed E-state index contributed by atoms with van der Waals surface area (Å²) in [5, 5.41) is 3.71. The second-order valence-electron chi connectivity index (χ2n) is 6.86. The van der Waals surface area contributed by atoms with Crippen LogP contribution < -0.4 is 14.5 Å². The lowest BCUT2D eigenvalue weighted by Crippen LogP contribution is -2.37. The summed E-state index contributed by atoms with van der Waals surface area (Å²) in [6.07, 6.45) is 1.46. The molecule has 1 amide bonds. The molecule has 9 heteroatoms. The maximum absolute atomic E-state index is 12.4. The van der Waals surface area contributed by atoms with Crippen LogP contribution in [0.4, 0.5) is 16.2 Å². The van der Waals surface area contributed by atoms with Gasteiger partial charge in [0.05, 0.1) is 11.7 Å². The van der Waals surface area contributed by atoms with Crippen molar-refractivity contribution >= 4 is 28.3 Å². The lowest BCUT2D eigenvalue weighted by atomic mass is 10.1. The molecule has 2 fully saturated rings. The number of aromatic nitrogens is 1. The van der Waals surface area contributed by atoms with Crippen molar-refractivity contribution in [2.45, 2.75) is 18.6 Å². The number of amides is 1. The third-order valence-electron chi connectivity index (χ3n) is 5.31. The molecule has 3 aliphatic rings. The molecule has 0 aliphatic carbocycles. The Balaban J connectivity index is 1.33. The lowest BCUT2D eigenvalue weighted by molar-refractivity contribution is 0.0886. The molecule has 142 valence electrons. The van der Waals surface area contributed by atoms with E-state index < -0.39 is 10.8 Å². The van der Waals surface area contributed by atoms with Crippen LogP contribution in [0.2, 0.25) is 0 Å². The van der Waals surface area contributed by atoms with Crippen molar-refractivity contribution in [2.24, 2.45) is 0 Å². The van der Waals surface area contributed by atoms with Crippen molar-refractivity contribution in [1.82, 2.24) is 5.16 Å². The molecule has 0 unspecified atom stereocenters. The number of nitrogens with zero attached hydrogens (tertiary/aromatic N) is 3. The minimum atomic E-state index is -0.699. The Labute approximate surface area is 158 Å². The van der Waals surface area contributed by atoms with E-state index in [2.05, 4.69) is 16.1 Å². The molecular formula is C18H19N3O5S. The highest BCUT2D eigenvalue weighted by molar-refractivity contribution is 7.85. The highest BCUT2D eigenvalue weighted by Gasteiger charge is 2.48. The number of hydrogen-bond donors (Lipinski definition) is 0. The molecule has 0 saturated carbocycles.